The van der Waals surface area contributed by atoms with Crippen LogP contribution < -0.4 is 5.32 Å². The van der Waals surface area contributed by atoms with Crippen LogP contribution in [0.4, 0.5) is 0 Å². The number of guanidine groups is 1. The van der Waals surface area contributed by atoms with Crippen LogP contribution in [0.1, 0.15) is 58.1 Å². The summed E-state index contributed by atoms with van der Waals surface area (Å²) in [6.45, 7) is 10.7. The number of morpholine rings is 1. The third-order valence-corrected chi connectivity index (χ3v) is 6.74. The van der Waals surface area contributed by atoms with Crippen molar-refractivity contribution < 1.29 is 13.9 Å². The zero-order chi connectivity index (χ0) is 22.6. The molecule has 7 nitrogen and oxygen atoms in total. The Morgan fingerprint density at radius 2 is 1.94 bits per heavy atom. The molecular weight excluding hydrogens is 531 g/mol. The predicted molar refractivity (Wildman–Crippen MR) is 143 cm³/mol. The molecule has 33 heavy (non-hydrogen) atoms. The molecule has 1 atom stereocenters. The number of furan rings is 1. The molecule has 2 fully saturated rings. The number of carbonyl (C=O) groups excluding carboxylic acids is 1. The summed E-state index contributed by atoms with van der Waals surface area (Å²) in [5.74, 6) is 3.05. The Balaban J connectivity index is 0.00000385. The summed E-state index contributed by atoms with van der Waals surface area (Å²) in [6.07, 6.45) is 9.25. The van der Waals surface area contributed by atoms with E-state index in [9.17, 15) is 4.79 Å². The third-order valence-electron chi connectivity index (χ3n) is 6.74. The number of carbonyl (C=O) groups is 1. The van der Waals surface area contributed by atoms with Crippen LogP contribution in [0.25, 0.3) is 0 Å². The number of nitrogens with one attached hydrogen (secondary N) is 1. The van der Waals surface area contributed by atoms with Crippen LogP contribution in [0, 0.1) is 11.8 Å². The van der Waals surface area contributed by atoms with Crippen molar-refractivity contribution >= 4 is 35.8 Å². The smallest absolute Gasteiger partial charge is 0.225 e. The van der Waals surface area contributed by atoms with Gasteiger partial charge < -0.3 is 24.3 Å². The molecule has 0 spiro atoms. The Labute approximate surface area is 216 Å². The lowest BCUT2D eigenvalue weighted by atomic mass is 9.95. The van der Waals surface area contributed by atoms with Crippen LogP contribution >= 0.6 is 24.0 Å². The monoisotopic (exact) mass is 574 g/mol. The van der Waals surface area contributed by atoms with Crippen molar-refractivity contribution in [3.63, 3.8) is 0 Å². The maximum atomic E-state index is 12.9. The molecule has 8 heteroatoms. The number of likely N-dealkylation sites (tertiary alicyclic amines) is 1. The fourth-order valence-corrected chi connectivity index (χ4v) is 4.53. The van der Waals surface area contributed by atoms with E-state index in [2.05, 4.69) is 24.1 Å². The van der Waals surface area contributed by atoms with Crippen molar-refractivity contribution in [2.45, 2.75) is 58.8 Å². The largest absolute Gasteiger partial charge is 0.469 e. The van der Waals surface area contributed by atoms with Gasteiger partial charge in [0.25, 0.3) is 0 Å². The van der Waals surface area contributed by atoms with Gasteiger partial charge in [-0.15, -0.1) is 24.0 Å². The lowest BCUT2D eigenvalue weighted by molar-refractivity contribution is -0.140. The number of rotatable bonds is 10. The van der Waals surface area contributed by atoms with E-state index in [1.807, 2.05) is 17.0 Å². The number of ether oxygens (including phenoxy) is 1. The Bertz CT molecular complexity index is 684. The van der Waals surface area contributed by atoms with Crippen molar-refractivity contribution in [3.8, 4) is 0 Å². The maximum Gasteiger partial charge on any atom is 0.225 e. The molecular formula is C25H43IN4O3. The van der Waals surface area contributed by atoms with E-state index in [-0.39, 0.29) is 29.9 Å². The molecule has 0 saturated carbocycles. The van der Waals surface area contributed by atoms with Crippen LogP contribution in [0.3, 0.4) is 0 Å². The molecule has 3 rings (SSSR count). The highest BCUT2D eigenvalue weighted by atomic mass is 127. The van der Waals surface area contributed by atoms with Crippen LogP contribution in [0.2, 0.25) is 0 Å². The van der Waals surface area contributed by atoms with Gasteiger partial charge in [0.05, 0.1) is 19.5 Å². The van der Waals surface area contributed by atoms with E-state index in [1.54, 1.807) is 6.26 Å². The summed E-state index contributed by atoms with van der Waals surface area (Å²) in [5.41, 5.74) is 0. The van der Waals surface area contributed by atoms with Gasteiger partial charge in [-0.2, -0.15) is 0 Å². The minimum atomic E-state index is 0. The molecule has 2 aliphatic rings. The third kappa shape index (κ3) is 9.11. The zero-order valence-electron chi connectivity index (χ0n) is 20.5. The molecule has 188 valence electrons. The molecule has 1 N–H and O–H groups in total. The molecule has 0 aromatic carbocycles. The molecule has 3 heterocycles. The van der Waals surface area contributed by atoms with Crippen LogP contribution in [-0.4, -0.2) is 74.1 Å². The van der Waals surface area contributed by atoms with Crippen molar-refractivity contribution in [2.24, 2.45) is 16.8 Å². The topological polar surface area (TPSA) is 70.3 Å². The quantitative estimate of drug-likeness (QED) is 0.258. The number of hydrogen-bond donors (Lipinski definition) is 1. The summed E-state index contributed by atoms with van der Waals surface area (Å²) in [4.78, 5) is 22.3. The highest BCUT2D eigenvalue weighted by molar-refractivity contribution is 14.0. The van der Waals surface area contributed by atoms with Crippen LogP contribution in [0.5, 0.6) is 0 Å². The van der Waals surface area contributed by atoms with Crippen molar-refractivity contribution in [1.29, 1.82) is 0 Å². The standard InChI is InChI=1S/C25H42N4O3.HI/c1-3-5-7-21(4-2)20-27-25(26-12-9-23-8-6-17-32-23)29-13-10-22(11-14-29)24(30)28-15-18-31-19-16-28;/h6,8,17,21-22H,3-5,7,9-16,18-20H2,1-2H3,(H,26,27);1H. The highest BCUT2D eigenvalue weighted by Crippen LogP contribution is 2.21. The molecule has 2 aliphatic heterocycles. The van der Waals surface area contributed by atoms with Gasteiger partial charge in [0.15, 0.2) is 5.96 Å². The fourth-order valence-electron chi connectivity index (χ4n) is 4.53. The van der Waals surface area contributed by atoms with Gasteiger partial charge in [0.1, 0.15) is 5.76 Å². The second-order valence-corrected chi connectivity index (χ2v) is 9.04. The second kappa shape index (κ2) is 15.6. The molecule has 1 amide bonds. The molecule has 0 radical (unpaired) electrons. The summed E-state index contributed by atoms with van der Waals surface area (Å²) >= 11 is 0. The number of aliphatic imine (C=N–C) groups is 1. The van der Waals surface area contributed by atoms with Gasteiger partial charge in [-0.3, -0.25) is 9.79 Å². The van der Waals surface area contributed by atoms with E-state index in [0.717, 1.165) is 70.3 Å². The number of nitrogens with zero attached hydrogens (tertiary/aromatic N) is 3. The van der Waals surface area contributed by atoms with E-state index < -0.39 is 0 Å². The zero-order valence-corrected chi connectivity index (χ0v) is 22.8. The highest BCUT2D eigenvalue weighted by Gasteiger charge is 2.30. The molecule has 0 aliphatic carbocycles. The second-order valence-electron chi connectivity index (χ2n) is 9.04. The van der Waals surface area contributed by atoms with Gasteiger partial charge in [-0.1, -0.05) is 33.1 Å². The van der Waals surface area contributed by atoms with E-state index in [1.165, 1.54) is 25.7 Å². The van der Waals surface area contributed by atoms with Crippen molar-refractivity contribution in [3.05, 3.63) is 24.2 Å². The average molecular weight is 575 g/mol. The minimum absolute atomic E-state index is 0. The summed E-state index contributed by atoms with van der Waals surface area (Å²) in [5, 5.41) is 3.57. The van der Waals surface area contributed by atoms with Crippen LogP contribution in [0.15, 0.2) is 27.8 Å². The SMILES string of the molecule is CCCCC(CC)CN=C(NCCc1ccco1)N1CCC(C(=O)N2CCOCC2)CC1.I. The lowest BCUT2D eigenvalue weighted by Gasteiger charge is -2.37. The summed E-state index contributed by atoms with van der Waals surface area (Å²) < 4.78 is 10.9. The first kappa shape index (κ1) is 28.0. The van der Waals surface area contributed by atoms with E-state index in [0.29, 0.717) is 25.0 Å². The van der Waals surface area contributed by atoms with Gasteiger partial charge >= 0.3 is 0 Å². The maximum absolute atomic E-state index is 12.9. The predicted octanol–water partition coefficient (Wildman–Crippen LogP) is 4.17. The summed E-state index contributed by atoms with van der Waals surface area (Å²) in [7, 11) is 0. The van der Waals surface area contributed by atoms with Crippen LogP contribution in [-0.2, 0) is 16.0 Å². The number of piperidine rings is 1. The van der Waals surface area contributed by atoms with Crippen molar-refractivity contribution in [1.82, 2.24) is 15.1 Å². The first-order valence-corrected chi connectivity index (χ1v) is 12.6. The first-order chi connectivity index (χ1) is 15.7. The number of hydrogen-bond acceptors (Lipinski definition) is 4. The Kier molecular flexibility index (Phi) is 13.2. The van der Waals surface area contributed by atoms with Gasteiger partial charge in [-0.05, 0) is 37.3 Å². The lowest BCUT2D eigenvalue weighted by Crippen LogP contribution is -2.50. The van der Waals surface area contributed by atoms with Gasteiger partial charge in [0, 0.05) is 51.6 Å². The number of unbranched alkanes of at least 4 members (excludes halogenated alkanes) is 1. The number of amides is 1. The molecule has 1 aromatic heterocycles. The van der Waals surface area contributed by atoms with E-state index in [4.69, 9.17) is 14.1 Å². The van der Waals surface area contributed by atoms with Gasteiger partial charge in [0.2, 0.25) is 5.91 Å². The average Bonchev–Trinajstić information content (AvgIpc) is 3.37. The minimum Gasteiger partial charge on any atom is -0.469 e. The molecule has 0 bridgehead atoms. The normalized spacial score (nSPS) is 18.7. The molecule has 1 aromatic rings. The Morgan fingerprint density at radius 3 is 2.58 bits per heavy atom. The summed E-state index contributed by atoms with van der Waals surface area (Å²) in [6, 6.07) is 3.94. The van der Waals surface area contributed by atoms with E-state index >= 15 is 0 Å². The fraction of sp³-hybridized carbons (Fsp3) is 0.760. The first-order valence-electron chi connectivity index (χ1n) is 12.6. The Morgan fingerprint density at radius 1 is 1.18 bits per heavy atom. The molecule has 2 saturated heterocycles. The Hall–Kier alpha value is -1.29. The van der Waals surface area contributed by atoms with Gasteiger partial charge in [-0.25, -0.2) is 0 Å². The van der Waals surface area contributed by atoms with Crippen molar-refractivity contribution in [2.75, 3.05) is 52.5 Å². The number of halogens is 1. The molecule has 1 unspecified atom stereocenters.